The van der Waals surface area contributed by atoms with Crippen molar-refractivity contribution in [2.24, 2.45) is 0 Å². The lowest BCUT2D eigenvalue weighted by atomic mass is 10.3. The molecular weight excluding hydrogens is 214 g/mol. The molecule has 0 spiro atoms. The van der Waals surface area contributed by atoms with Crippen molar-refractivity contribution in [2.45, 2.75) is 33.4 Å². The van der Waals surface area contributed by atoms with Gasteiger partial charge in [0.1, 0.15) is 0 Å². The number of aryl methyl sites for hydroxylation is 1. The maximum Gasteiger partial charge on any atom is 0.175 e. The molecule has 0 aromatic carbocycles. The number of aromatic nitrogens is 4. The van der Waals surface area contributed by atoms with Gasteiger partial charge in [-0.2, -0.15) is 10.2 Å². The maximum absolute atomic E-state index is 4.19. The summed E-state index contributed by atoms with van der Waals surface area (Å²) >= 11 is 0. The Morgan fingerprint density at radius 1 is 1.29 bits per heavy atom. The highest BCUT2D eigenvalue weighted by molar-refractivity contribution is 5.21. The molecule has 0 fully saturated rings. The van der Waals surface area contributed by atoms with Gasteiger partial charge >= 0.3 is 0 Å². The van der Waals surface area contributed by atoms with Gasteiger partial charge < -0.3 is 5.32 Å². The van der Waals surface area contributed by atoms with Gasteiger partial charge in [-0.1, -0.05) is 13.8 Å². The highest BCUT2D eigenvalue weighted by Gasteiger charge is 2.02. The topological polar surface area (TPSA) is 55.6 Å². The Morgan fingerprint density at radius 2 is 2.12 bits per heavy atom. The molecule has 2 aromatic rings. The summed E-state index contributed by atoms with van der Waals surface area (Å²) in [6, 6.07) is 4.34. The van der Waals surface area contributed by atoms with E-state index in [2.05, 4.69) is 34.5 Å². The fraction of sp³-hybridized carbons (Fsp3) is 0.417. The molecule has 5 nitrogen and oxygen atoms in total. The second kappa shape index (κ2) is 5.05. The molecule has 5 heteroatoms. The fourth-order valence-corrected chi connectivity index (χ4v) is 1.42. The summed E-state index contributed by atoms with van der Waals surface area (Å²) in [5.74, 6) is 0.742. The van der Waals surface area contributed by atoms with Crippen molar-refractivity contribution in [1.29, 1.82) is 0 Å². The molecule has 0 aliphatic carbocycles. The van der Waals surface area contributed by atoms with Crippen LogP contribution in [0.25, 0.3) is 5.82 Å². The predicted molar refractivity (Wildman–Crippen MR) is 65.9 cm³/mol. The van der Waals surface area contributed by atoms with Crippen LogP contribution in [0.5, 0.6) is 0 Å². The first-order valence-corrected chi connectivity index (χ1v) is 5.73. The zero-order chi connectivity index (χ0) is 12.3. The Balaban J connectivity index is 2.07. The van der Waals surface area contributed by atoms with E-state index in [9.17, 15) is 0 Å². The molecule has 1 N–H and O–H groups in total. The van der Waals surface area contributed by atoms with Gasteiger partial charge in [-0.15, -0.1) is 5.10 Å². The van der Waals surface area contributed by atoms with E-state index in [1.807, 2.05) is 25.3 Å². The van der Waals surface area contributed by atoms with Crippen LogP contribution in [0.1, 0.15) is 25.1 Å². The normalized spacial score (nSPS) is 11.1. The molecule has 0 saturated heterocycles. The number of nitrogens with zero attached hydrogens (tertiary/aromatic N) is 4. The van der Waals surface area contributed by atoms with Crippen LogP contribution in [-0.4, -0.2) is 26.0 Å². The van der Waals surface area contributed by atoms with Crippen LogP contribution in [0, 0.1) is 6.92 Å². The van der Waals surface area contributed by atoms with E-state index < -0.39 is 0 Å². The van der Waals surface area contributed by atoms with Gasteiger partial charge in [0, 0.05) is 18.8 Å². The van der Waals surface area contributed by atoms with Crippen LogP contribution in [-0.2, 0) is 6.54 Å². The lowest BCUT2D eigenvalue weighted by Crippen LogP contribution is -2.22. The third kappa shape index (κ3) is 3.10. The quantitative estimate of drug-likeness (QED) is 0.865. The van der Waals surface area contributed by atoms with Crippen LogP contribution >= 0.6 is 0 Å². The van der Waals surface area contributed by atoms with Crippen molar-refractivity contribution in [1.82, 2.24) is 25.3 Å². The van der Waals surface area contributed by atoms with Crippen molar-refractivity contribution >= 4 is 0 Å². The minimum Gasteiger partial charge on any atom is -0.309 e. The van der Waals surface area contributed by atoms with E-state index in [-0.39, 0.29) is 0 Å². The third-order valence-electron chi connectivity index (χ3n) is 2.34. The van der Waals surface area contributed by atoms with Crippen LogP contribution in [0.4, 0.5) is 0 Å². The molecule has 0 unspecified atom stereocenters. The Kier molecular flexibility index (Phi) is 3.49. The second-order valence-corrected chi connectivity index (χ2v) is 4.38. The minimum atomic E-state index is 0.449. The third-order valence-corrected chi connectivity index (χ3v) is 2.34. The standard InChI is InChI=1S/C12H17N5/c1-9(2)13-7-11-4-5-12(16-15-11)17-8-10(3)6-14-17/h4-6,8-9,13H,7H2,1-3H3. The smallest absolute Gasteiger partial charge is 0.175 e. The summed E-state index contributed by atoms with van der Waals surface area (Å²) in [6.07, 6.45) is 3.73. The van der Waals surface area contributed by atoms with Crippen LogP contribution in [0.3, 0.4) is 0 Å². The van der Waals surface area contributed by atoms with Crippen molar-refractivity contribution in [3.8, 4) is 5.82 Å². The van der Waals surface area contributed by atoms with Crippen molar-refractivity contribution in [2.75, 3.05) is 0 Å². The average Bonchev–Trinajstić information content (AvgIpc) is 2.74. The molecule has 0 aliphatic heterocycles. The van der Waals surface area contributed by atoms with Crippen molar-refractivity contribution in [3.63, 3.8) is 0 Å². The Labute approximate surface area is 101 Å². The lowest BCUT2D eigenvalue weighted by molar-refractivity contribution is 0.576. The maximum atomic E-state index is 4.19. The minimum absolute atomic E-state index is 0.449. The highest BCUT2D eigenvalue weighted by Crippen LogP contribution is 2.04. The monoisotopic (exact) mass is 231 g/mol. The SMILES string of the molecule is Cc1cnn(-c2ccc(CNC(C)C)nn2)c1. The first-order valence-electron chi connectivity index (χ1n) is 5.73. The summed E-state index contributed by atoms with van der Waals surface area (Å²) < 4.78 is 1.72. The molecule has 0 atom stereocenters. The largest absolute Gasteiger partial charge is 0.309 e. The summed E-state index contributed by atoms with van der Waals surface area (Å²) in [4.78, 5) is 0. The molecule has 0 amide bonds. The van der Waals surface area contributed by atoms with E-state index in [1.54, 1.807) is 10.9 Å². The van der Waals surface area contributed by atoms with Gasteiger partial charge in [0.2, 0.25) is 0 Å². The van der Waals surface area contributed by atoms with E-state index in [0.717, 1.165) is 23.6 Å². The number of hydrogen-bond donors (Lipinski definition) is 1. The van der Waals surface area contributed by atoms with Gasteiger partial charge in [0.25, 0.3) is 0 Å². The zero-order valence-electron chi connectivity index (χ0n) is 10.4. The van der Waals surface area contributed by atoms with Crippen molar-refractivity contribution < 1.29 is 0 Å². The predicted octanol–water partition coefficient (Wildman–Crippen LogP) is 1.47. The molecular formula is C12H17N5. The van der Waals surface area contributed by atoms with Gasteiger partial charge in [0.15, 0.2) is 5.82 Å². The summed E-state index contributed by atoms with van der Waals surface area (Å²) in [7, 11) is 0. The van der Waals surface area contributed by atoms with Gasteiger partial charge in [-0.3, -0.25) is 0 Å². The molecule has 90 valence electrons. The number of nitrogens with one attached hydrogen (secondary N) is 1. The summed E-state index contributed by atoms with van der Waals surface area (Å²) in [6.45, 7) is 6.95. The Hall–Kier alpha value is -1.75. The van der Waals surface area contributed by atoms with E-state index >= 15 is 0 Å². The lowest BCUT2D eigenvalue weighted by Gasteiger charge is -2.07. The molecule has 0 saturated carbocycles. The zero-order valence-corrected chi connectivity index (χ0v) is 10.4. The van der Waals surface area contributed by atoms with Gasteiger partial charge in [-0.05, 0) is 24.6 Å². The Bertz CT molecular complexity index is 472. The van der Waals surface area contributed by atoms with Crippen LogP contribution in [0.2, 0.25) is 0 Å². The van der Waals surface area contributed by atoms with Gasteiger partial charge in [0.05, 0.1) is 11.9 Å². The number of rotatable bonds is 4. The molecule has 2 rings (SSSR count). The van der Waals surface area contributed by atoms with Gasteiger partial charge in [-0.25, -0.2) is 4.68 Å². The first-order chi connectivity index (χ1) is 8.15. The highest BCUT2D eigenvalue weighted by atomic mass is 15.3. The summed E-state index contributed by atoms with van der Waals surface area (Å²) in [5, 5.41) is 15.8. The van der Waals surface area contributed by atoms with Crippen molar-refractivity contribution in [3.05, 3.63) is 35.8 Å². The molecule has 0 bridgehead atoms. The molecule has 17 heavy (non-hydrogen) atoms. The first kappa shape index (κ1) is 11.7. The van der Waals surface area contributed by atoms with E-state index in [4.69, 9.17) is 0 Å². The molecule has 0 aliphatic rings. The van der Waals surface area contributed by atoms with Crippen LogP contribution in [0.15, 0.2) is 24.5 Å². The fourth-order valence-electron chi connectivity index (χ4n) is 1.42. The molecule has 2 heterocycles. The molecule has 2 aromatic heterocycles. The van der Waals surface area contributed by atoms with E-state index in [0.29, 0.717) is 6.04 Å². The second-order valence-electron chi connectivity index (χ2n) is 4.38. The molecule has 0 radical (unpaired) electrons. The number of hydrogen-bond acceptors (Lipinski definition) is 4. The average molecular weight is 231 g/mol. The Morgan fingerprint density at radius 3 is 2.65 bits per heavy atom. The van der Waals surface area contributed by atoms with E-state index in [1.165, 1.54) is 0 Å². The van der Waals surface area contributed by atoms with Crippen LogP contribution < -0.4 is 5.32 Å². The summed E-state index contributed by atoms with van der Waals surface area (Å²) in [5.41, 5.74) is 2.05.